The summed E-state index contributed by atoms with van der Waals surface area (Å²) in [6.07, 6.45) is 2.30. The molecule has 0 atom stereocenters. The van der Waals surface area contributed by atoms with E-state index < -0.39 is 5.66 Å². The number of carbonyl (C=O) groups is 1. The predicted octanol–water partition coefficient (Wildman–Crippen LogP) is 0.545. The third-order valence-corrected chi connectivity index (χ3v) is 2.72. The molecule has 0 aromatic heterocycles. The maximum absolute atomic E-state index is 11.1. The monoisotopic (exact) mass is 220 g/mol. The minimum atomic E-state index is -0.883. The molecular formula is C11H12N2OS. The highest BCUT2D eigenvalue weighted by Crippen LogP contribution is 2.18. The van der Waals surface area contributed by atoms with Crippen LogP contribution >= 0.6 is 12.6 Å². The molecule has 0 fully saturated rings. The summed E-state index contributed by atoms with van der Waals surface area (Å²) in [4.78, 5) is 19.8. The van der Waals surface area contributed by atoms with Crippen molar-refractivity contribution in [1.29, 1.82) is 0 Å². The largest absolute Gasteiger partial charge is 0.298 e. The van der Waals surface area contributed by atoms with Crippen LogP contribution in [0, 0.1) is 0 Å². The van der Waals surface area contributed by atoms with Crippen LogP contribution in [-0.2, 0) is 4.79 Å². The average molecular weight is 220 g/mol. The Hall–Kier alpha value is -1.16. The van der Waals surface area contributed by atoms with Crippen LogP contribution in [0.3, 0.4) is 0 Å². The molecule has 0 spiro atoms. The fourth-order valence-electron chi connectivity index (χ4n) is 1.66. The van der Waals surface area contributed by atoms with E-state index >= 15 is 0 Å². The first kappa shape index (κ1) is 10.4. The molecule has 0 saturated heterocycles. The van der Waals surface area contributed by atoms with E-state index in [4.69, 9.17) is 0 Å². The Kier molecular flexibility index (Phi) is 2.86. The molecule has 3 nitrogen and oxygen atoms in total. The van der Waals surface area contributed by atoms with Crippen LogP contribution in [0.2, 0.25) is 0 Å². The van der Waals surface area contributed by atoms with Crippen molar-refractivity contribution in [3.63, 3.8) is 0 Å². The minimum Gasteiger partial charge on any atom is -0.298 e. The van der Waals surface area contributed by atoms with E-state index in [1.54, 1.807) is 0 Å². The smallest absolute Gasteiger partial charge is 0.206 e. The highest BCUT2D eigenvalue weighted by molar-refractivity contribution is 7.80. The lowest BCUT2D eigenvalue weighted by atomic mass is 10.1. The summed E-state index contributed by atoms with van der Waals surface area (Å²) in [6, 6.07) is 7.56. The molecule has 2 rings (SSSR count). The lowest BCUT2D eigenvalue weighted by molar-refractivity contribution is -0.112. The summed E-state index contributed by atoms with van der Waals surface area (Å²) in [5.74, 6) is 0.747. The summed E-state index contributed by atoms with van der Waals surface area (Å²) in [5.41, 5.74) is -0.883. The maximum Gasteiger partial charge on any atom is 0.206 e. The van der Waals surface area contributed by atoms with Gasteiger partial charge in [0.05, 0.1) is 10.7 Å². The molecule has 0 N–H and O–H groups in total. The van der Waals surface area contributed by atoms with Crippen molar-refractivity contribution in [2.45, 2.75) is 18.5 Å². The van der Waals surface area contributed by atoms with Crippen LogP contribution in [0.25, 0.3) is 0 Å². The highest BCUT2D eigenvalue weighted by atomic mass is 32.1. The van der Waals surface area contributed by atoms with Gasteiger partial charge in [-0.15, -0.1) is 0 Å². The van der Waals surface area contributed by atoms with Gasteiger partial charge >= 0.3 is 0 Å². The van der Waals surface area contributed by atoms with E-state index in [-0.39, 0.29) is 0 Å². The summed E-state index contributed by atoms with van der Waals surface area (Å²) in [5, 5.41) is 1.62. The molecule has 1 aliphatic heterocycles. The van der Waals surface area contributed by atoms with Crippen molar-refractivity contribution in [2.75, 3.05) is 5.75 Å². The first-order chi connectivity index (χ1) is 7.29. The summed E-state index contributed by atoms with van der Waals surface area (Å²) < 4.78 is 0. The lowest BCUT2D eigenvalue weighted by Crippen LogP contribution is -2.25. The standard InChI is InChI=1S/C11H12N2OS/c14-8-11(6-3-7-15)12-9-4-1-2-5-10(9)13-11/h1-2,4-5,8,15H,3,6-7H2. The molecule has 4 heteroatoms. The first-order valence-corrected chi connectivity index (χ1v) is 5.55. The Morgan fingerprint density at radius 2 is 1.87 bits per heavy atom. The third kappa shape index (κ3) is 1.95. The Balaban J connectivity index is 2.41. The van der Waals surface area contributed by atoms with E-state index in [0.29, 0.717) is 6.42 Å². The van der Waals surface area contributed by atoms with Crippen molar-refractivity contribution in [2.24, 2.45) is 9.98 Å². The van der Waals surface area contributed by atoms with Crippen molar-refractivity contribution in [3.05, 3.63) is 35.0 Å². The molecule has 0 amide bonds. The van der Waals surface area contributed by atoms with Crippen LogP contribution in [0.1, 0.15) is 12.8 Å². The molecule has 78 valence electrons. The fraction of sp³-hybridized carbons (Fsp3) is 0.364. The average Bonchev–Trinajstić information content (AvgIpc) is 2.65. The van der Waals surface area contributed by atoms with Gasteiger partial charge in [-0.05, 0) is 24.3 Å². The van der Waals surface area contributed by atoms with Gasteiger partial charge in [0.15, 0.2) is 6.29 Å². The zero-order valence-corrected chi connectivity index (χ0v) is 9.15. The van der Waals surface area contributed by atoms with Gasteiger partial charge in [0.25, 0.3) is 0 Å². The van der Waals surface area contributed by atoms with Crippen molar-refractivity contribution < 1.29 is 4.79 Å². The van der Waals surface area contributed by atoms with Crippen LogP contribution in [0.5, 0.6) is 0 Å². The second kappa shape index (κ2) is 4.14. The molecular weight excluding hydrogens is 208 g/mol. The van der Waals surface area contributed by atoms with E-state index in [1.807, 2.05) is 24.3 Å². The zero-order valence-electron chi connectivity index (χ0n) is 8.26. The van der Waals surface area contributed by atoms with Gasteiger partial charge in [0.1, 0.15) is 0 Å². The van der Waals surface area contributed by atoms with Crippen molar-refractivity contribution in [3.8, 4) is 0 Å². The van der Waals surface area contributed by atoms with Gasteiger partial charge in [-0.3, -0.25) is 4.79 Å². The molecule has 1 aromatic carbocycles. The van der Waals surface area contributed by atoms with Crippen molar-refractivity contribution >= 4 is 18.9 Å². The Labute approximate surface area is 93.4 Å². The zero-order chi connectivity index (χ0) is 10.7. The number of thiol groups is 1. The van der Waals surface area contributed by atoms with Gasteiger partial charge < -0.3 is 0 Å². The topological polar surface area (TPSA) is 41.8 Å². The number of rotatable bonds is 4. The van der Waals surface area contributed by atoms with E-state index in [2.05, 4.69) is 22.6 Å². The number of benzene rings is 1. The molecule has 0 bridgehead atoms. The predicted molar refractivity (Wildman–Crippen MR) is 60.6 cm³/mol. The quantitative estimate of drug-likeness (QED) is 0.584. The van der Waals surface area contributed by atoms with Gasteiger partial charge in [-0.25, -0.2) is 9.98 Å². The Bertz CT molecular complexity index is 449. The number of hydrogen-bond acceptors (Lipinski definition) is 4. The van der Waals surface area contributed by atoms with Gasteiger partial charge in [-0.1, -0.05) is 12.1 Å². The Morgan fingerprint density at radius 1 is 1.27 bits per heavy atom. The van der Waals surface area contributed by atoms with Crippen LogP contribution in [0.4, 0.5) is 0 Å². The first-order valence-electron chi connectivity index (χ1n) is 4.92. The number of fused-ring (bicyclic) bond motifs is 1. The molecule has 0 unspecified atom stereocenters. The van der Waals surface area contributed by atoms with Gasteiger partial charge in [0, 0.05) is 6.42 Å². The van der Waals surface area contributed by atoms with Crippen LogP contribution in [-0.4, -0.2) is 17.7 Å². The molecule has 1 heterocycles. The molecule has 0 aliphatic carbocycles. The fourth-order valence-corrected chi connectivity index (χ4v) is 1.82. The van der Waals surface area contributed by atoms with E-state index in [1.165, 1.54) is 0 Å². The minimum absolute atomic E-state index is 0.634. The van der Waals surface area contributed by atoms with E-state index in [9.17, 15) is 4.79 Å². The molecule has 1 aromatic rings. The molecule has 0 saturated carbocycles. The SMILES string of the molecule is O=CC1(CCCS)N=c2ccccc2=N1. The normalized spacial score (nSPS) is 16.3. The highest BCUT2D eigenvalue weighted by Gasteiger charge is 2.29. The van der Waals surface area contributed by atoms with E-state index in [0.717, 1.165) is 29.2 Å². The number of carbonyl (C=O) groups excluding carboxylic acids is 1. The third-order valence-electron chi connectivity index (χ3n) is 2.40. The summed E-state index contributed by atoms with van der Waals surface area (Å²) in [6.45, 7) is 0. The summed E-state index contributed by atoms with van der Waals surface area (Å²) in [7, 11) is 0. The van der Waals surface area contributed by atoms with Crippen LogP contribution in [0.15, 0.2) is 34.3 Å². The van der Waals surface area contributed by atoms with Crippen LogP contribution < -0.4 is 10.7 Å². The molecule has 1 aliphatic rings. The Morgan fingerprint density at radius 3 is 2.33 bits per heavy atom. The van der Waals surface area contributed by atoms with Crippen molar-refractivity contribution in [1.82, 2.24) is 0 Å². The second-order valence-corrected chi connectivity index (χ2v) is 3.98. The summed E-state index contributed by atoms with van der Waals surface area (Å²) >= 11 is 4.13. The second-order valence-electron chi connectivity index (χ2n) is 3.54. The molecule has 0 radical (unpaired) electrons. The number of para-hydroxylation sites is 2. The lowest BCUT2D eigenvalue weighted by Gasteiger charge is -2.14. The number of aldehydes is 1. The van der Waals surface area contributed by atoms with Gasteiger partial charge in [-0.2, -0.15) is 12.6 Å². The number of hydrogen-bond donors (Lipinski definition) is 1. The maximum atomic E-state index is 11.1. The number of nitrogens with zero attached hydrogens (tertiary/aromatic N) is 2. The molecule has 15 heavy (non-hydrogen) atoms. The van der Waals surface area contributed by atoms with Gasteiger partial charge in [0.2, 0.25) is 5.66 Å².